The summed E-state index contributed by atoms with van der Waals surface area (Å²) in [6, 6.07) is 14.7. The summed E-state index contributed by atoms with van der Waals surface area (Å²) in [7, 11) is 1.59. The number of methoxy groups -OCH3 is 1. The smallest absolute Gasteiger partial charge is 0.234 e. The van der Waals surface area contributed by atoms with Crippen molar-refractivity contribution in [1.82, 2.24) is 4.98 Å². The van der Waals surface area contributed by atoms with Gasteiger partial charge in [-0.1, -0.05) is 29.4 Å². The summed E-state index contributed by atoms with van der Waals surface area (Å²) in [5.74, 6) is 0.644. The number of rotatable bonds is 5. The van der Waals surface area contributed by atoms with Gasteiger partial charge in [-0.05, 0) is 48.9 Å². The molecule has 3 rings (SSSR count). The largest absolute Gasteiger partial charge is 0.497 e. The first-order valence-corrected chi connectivity index (χ1v) is 9.44. The Morgan fingerprint density at radius 2 is 2.11 bits per heavy atom. The molecule has 0 saturated carbocycles. The van der Waals surface area contributed by atoms with Crippen molar-refractivity contribution in [1.29, 1.82) is 5.26 Å². The summed E-state index contributed by atoms with van der Waals surface area (Å²) in [5.41, 5.74) is 2.76. The number of nitrogens with one attached hydrogen (secondary N) is 1. The van der Waals surface area contributed by atoms with Crippen LogP contribution < -0.4 is 10.1 Å². The number of nitriles is 1. The molecule has 3 aromatic rings. The number of aromatic nitrogens is 1. The van der Waals surface area contributed by atoms with Gasteiger partial charge in [0.25, 0.3) is 0 Å². The lowest BCUT2D eigenvalue weighted by atomic mass is 10.1. The van der Waals surface area contributed by atoms with Crippen molar-refractivity contribution >= 4 is 45.9 Å². The number of ether oxygens (including phenoxy) is 1. The highest BCUT2D eigenvalue weighted by Gasteiger charge is 2.12. The average Bonchev–Trinajstić information content (AvgIpc) is 2.67. The molecule has 27 heavy (non-hydrogen) atoms. The number of carbonyl (C=O) groups excluding carboxylic acids is 1. The summed E-state index contributed by atoms with van der Waals surface area (Å²) in [6.45, 7) is 1.89. The summed E-state index contributed by atoms with van der Waals surface area (Å²) in [5, 5.41) is 14.2. The molecule has 2 aromatic carbocycles. The molecular formula is C20H16ClN3O2S. The fraction of sp³-hybridized carbons (Fsp3) is 0.150. The zero-order valence-electron chi connectivity index (χ0n) is 14.7. The maximum Gasteiger partial charge on any atom is 0.234 e. The van der Waals surface area contributed by atoms with E-state index in [0.717, 1.165) is 16.5 Å². The van der Waals surface area contributed by atoms with E-state index in [0.29, 0.717) is 27.0 Å². The Kier molecular flexibility index (Phi) is 5.84. The molecule has 0 atom stereocenters. The van der Waals surface area contributed by atoms with E-state index in [1.165, 1.54) is 11.8 Å². The first-order chi connectivity index (χ1) is 13.0. The number of carbonyl (C=O) groups is 1. The third kappa shape index (κ3) is 4.51. The minimum Gasteiger partial charge on any atom is -0.497 e. The van der Waals surface area contributed by atoms with E-state index < -0.39 is 0 Å². The van der Waals surface area contributed by atoms with Gasteiger partial charge in [0, 0.05) is 16.1 Å². The molecule has 136 valence electrons. The fourth-order valence-corrected chi connectivity index (χ4v) is 3.44. The lowest BCUT2D eigenvalue weighted by molar-refractivity contribution is -0.113. The summed E-state index contributed by atoms with van der Waals surface area (Å²) < 4.78 is 5.20. The number of aryl methyl sites for hydroxylation is 1. The van der Waals surface area contributed by atoms with Gasteiger partial charge in [-0.3, -0.25) is 4.79 Å². The van der Waals surface area contributed by atoms with E-state index in [9.17, 15) is 10.1 Å². The predicted octanol–water partition coefficient (Wildman–Crippen LogP) is 4.81. The number of hydrogen-bond acceptors (Lipinski definition) is 5. The Labute approximate surface area is 166 Å². The number of amides is 1. The zero-order chi connectivity index (χ0) is 19.4. The summed E-state index contributed by atoms with van der Waals surface area (Å²) in [4.78, 5) is 16.8. The first kappa shape index (κ1) is 19.0. The van der Waals surface area contributed by atoms with E-state index in [-0.39, 0.29) is 11.7 Å². The monoisotopic (exact) mass is 397 g/mol. The lowest BCUT2D eigenvalue weighted by Crippen LogP contribution is -2.15. The number of thioether (sulfide) groups is 1. The van der Waals surface area contributed by atoms with Gasteiger partial charge < -0.3 is 10.1 Å². The van der Waals surface area contributed by atoms with Crippen molar-refractivity contribution in [3.8, 4) is 11.8 Å². The van der Waals surface area contributed by atoms with Crippen LogP contribution in [-0.4, -0.2) is 23.8 Å². The molecule has 0 aliphatic heterocycles. The number of benzene rings is 2. The highest BCUT2D eigenvalue weighted by molar-refractivity contribution is 8.00. The van der Waals surface area contributed by atoms with Crippen LogP contribution in [0.25, 0.3) is 10.9 Å². The van der Waals surface area contributed by atoms with Crippen molar-refractivity contribution in [2.24, 2.45) is 0 Å². The number of hydrogen-bond donors (Lipinski definition) is 1. The van der Waals surface area contributed by atoms with Crippen LogP contribution in [0.4, 0.5) is 5.69 Å². The quantitative estimate of drug-likeness (QED) is 0.625. The van der Waals surface area contributed by atoms with E-state index >= 15 is 0 Å². The molecule has 1 amide bonds. The second-order valence-electron chi connectivity index (χ2n) is 5.81. The molecule has 0 radical (unpaired) electrons. The Hall–Kier alpha value is -2.75. The topological polar surface area (TPSA) is 75.0 Å². The van der Waals surface area contributed by atoms with Crippen molar-refractivity contribution in [2.75, 3.05) is 18.2 Å². The predicted molar refractivity (Wildman–Crippen MR) is 109 cm³/mol. The Morgan fingerprint density at radius 1 is 1.30 bits per heavy atom. The summed E-state index contributed by atoms with van der Waals surface area (Å²) in [6.07, 6.45) is 0. The fourth-order valence-electron chi connectivity index (χ4n) is 2.50. The van der Waals surface area contributed by atoms with E-state index in [2.05, 4.69) is 16.4 Å². The SMILES string of the molecule is COc1ccc2nc(SCC(=O)Nc3cc(Cl)ccc3C)c(C#N)cc2c1. The van der Waals surface area contributed by atoms with Crippen LogP contribution in [0.2, 0.25) is 5.02 Å². The van der Waals surface area contributed by atoms with E-state index in [1.54, 1.807) is 25.3 Å². The number of halogens is 1. The lowest BCUT2D eigenvalue weighted by Gasteiger charge is -2.10. The van der Waals surface area contributed by atoms with Crippen LogP contribution in [0.5, 0.6) is 5.75 Å². The normalized spacial score (nSPS) is 10.4. The number of anilines is 1. The van der Waals surface area contributed by atoms with Crippen molar-refractivity contribution in [2.45, 2.75) is 11.9 Å². The van der Waals surface area contributed by atoms with Gasteiger partial charge >= 0.3 is 0 Å². The van der Waals surface area contributed by atoms with Gasteiger partial charge in [-0.2, -0.15) is 5.26 Å². The number of nitrogens with zero attached hydrogens (tertiary/aromatic N) is 2. The van der Waals surface area contributed by atoms with E-state index in [4.69, 9.17) is 16.3 Å². The van der Waals surface area contributed by atoms with Gasteiger partial charge in [0.05, 0.1) is 23.9 Å². The van der Waals surface area contributed by atoms with Crippen molar-refractivity contribution in [3.63, 3.8) is 0 Å². The molecule has 0 fully saturated rings. The maximum absolute atomic E-state index is 12.3. The molecule has 0 saturated heterocycles. The van der Waals surface area contributed by atoms with Crippen LogP contribution >= 0.6 is 23.4 Å². The third-order valence-corrected chi connectivity index (χ3v) is 5.15. The Bertz CT molecular complexity index is 1060. The maximum atomic E-state index is 12.3. The Balaban J connectivity index is 1.77. The Morgan fingerprint density at radius 3 is 2.85 bits per heavy atom. The van der Waals surface area contributed by atoms with Gasteiger partial charge in [0.1, 0.15) is 16.8 Å². The zero-order valence-corrected chi connectivity index (χ0v) is 16.3. The molecule has 0 aliphatic rings. The van der Waals surface area contributed by atoms with Gasteiger partial charge in [-0.15, -0.1) is 0 Å². The molecular weight excluding hydrogens is 382 g/mol. The molecule has 0 spiro atoms. The van der Waals surface area contributed by atoms with Crippen LogP contribution in [0.3, 0.4) is 0 Å². The molecule has 5 nitrogen and oxygen atoms in total. The van der Waals surface area contributed by atoms with Crippen LogP contribution in [0.1, 0.15) is 11.1 Å². The molecule has 1 heterocycles. The van der Waals surface area contributed by atoms with Gasteiger partial charge in [-0.25, -0.2) is 4.98 Å². The third-order valence-electron chi connectivity index (χ3n) is 3.92. The second-order valence-corrected chi connectivity index (χ2v) is 7.21. The standard InChI is InChI=1S/C20H16ClN3O2S/c1-12-3-4-15(21)9-18(12)23-19(25)11-27-20-14(10-22)7-13-8-16(26-2)5-6-17(13)24-20/h3-9H,11H2,1-2H3,(H,23,25). The molecule has 1 N–H and O–H groups in total. The van der Waals surface area contributed by atoms with Crippen LogP contribution in [-0.2, 0) is 4.79 Å². The molecule has 0 aliphatic carbocycles. The van der Waals surface area contributed by atoms with Crippen LogP contribution in [0, 0.1) is 18.3 Å². The highest BCUT2D eigenvalue weighted by Crippen LogP contribution is 2.27. The minimum absolute atomic E-state index is 0.134. The minimum atomic E-state index is -0.189. The van der Waals surface area contributed by atoms with Gasteiger partial charge in [0.2, 0.25) is 5.91 Å². The molecule has 1 aromatic heterocycles. The van der Waals surface area contributed by atoms with Crippen molar-refractivity contribution < 1.29 is 9.53 Å². The van der Waals surface area contributed by atoms with Crippen molar-refractivity contribution in [3.05, 3.63) is 58.6 Å². The van der Waals surface area contributed by atoms with Crippen LogP contribution in [0.15, 0.2) is 47.5 Å². The first-order valence-electron chi connectivity index (χ1n) is 8.08. The number of fused-ring (bicyclic) bond motifs is 1. The second kappa shape index (κ2) is 8.30. The average molecular weight is 398 g/mol. The van der Waals surface area contributed by atoms with E-state index in [1.807, 2.05) is 31.2 Å². The molecule has 7 heteroatoms. The summed E-state index contributed by atoms with van der Waals surface area (Å²) >= 11 is 7.20. The van der Waals surface area contributed by atoms with Gasteiger partial charge in [0.15, 0.2) is 0 Å². The highest BCUT2D eigenvalue weighted by atomic mass is 35.5. The number of pyridine rings is 1. The molecule has 0 bridgehead atoms. The molecule has 0 unspecified atom stereocenters.